The van der Waals surface area contributed by atoms with Crippen molar-refractivity contribution >= 4 is 10.8 Å². The Bertz CT molecular complexity index is 594. The van der Waals surface area contributed by atoms with Crippen LogP contribution in [-0.4, -0.2) is 25.5 Å². The number of nitrogens with zero attached hydrogens (tertiary/aromatic N) is 1. The molecule has 0 spiro atoms. The summed E-state index contributed by atoms with van der Waals surface area (Å²) >= 11 is 0. The maximum absolute atomic E-state index is 2.41. The number of likely N-dealkylation sites (N-methyl/N-ethyl adjacent to an activating group) is 1. The molecule has 2 aromatic rings. The van der Waals surface area contributed by atoms with Crippen LogP contribution in [0.4, 0.5) is 0 Å². The molecular weight excluding hydrogens is 218 g/mol. The molecule has 2 atom stereocenters. The molecule has 0 saturated carbocycles. The summed E-state index contributed by atoms with van der Waals surface area (Å²) in [5.74, 6) is 0.584. The minimum Gasteiger partial charge on any atom is -0.309 e. The molecule has 0 aliphatic heterocycles. The lowest BCUT2D eigenvalue weighted by Crippen LogP contribution is -2.36. The molecule has 0 fully saturated rings. The second kappa shape index (κ2) is 3.83. The van der Waals surface area contributed by atoms with Gasteiger partial charge in [-0.15, -0.1) is 0 Å². The number of hydrogen-bond donors (Lipinski definition) is 0. The summed E-state index contributed by atoms with van der Waals surface area (Å²) in [6.07, 6.45) is 0. The highest BCUT2D eigenvalue weighted by atomic mass is 15.1. The van der Waals surface area contributed by atoms with Crippen molar-refractivity contribution in [1.82, 2.24) is 4.90 Å². The van der Waals surface area contributed by atoms with Crippen LogP contribution in [0.3, 0.4) is 0 Å². The zero-order chi connectivity index (χ0) is 12.9. The van der Waals surface area contributed by atoms with E-state index >= 15 is 0 Å². The molecular formula is C17H21N. The van der Waals surface area contributed by atoms with Gasteiger partial charge in [-0.3, -0.25) is 0 Å². The predicted octanol–water partition coefficient (Wildman–Crippen LogP) is 3.78. The highest BCUT2D eigenvalue weighted by Gasteiger charge is 2.41. The van der Waals surface area contributed by atoms with Crippen LogP contribution >= 0.6 is 0 Å². The smallest absolute Gasteiger partial charge is 0.0124 e. The molecule has 94 valence electrons. The maximum atomic E-state index is 2.41. The SMILES string of the molecule is C[C@H]1c2cccc3cccc(c23)[C@]1(C)CN(C)C. The van der Waals surface area contributed by atoms with Gasteiger partial charge in [-0.05, 0) is 41.9 Å². The van der Waals surface area contributed by atoms with E-state index in [4.69, 9.17) is 0 Å². The summed E-state index contributed by atoms with van der Waals surface area (Å²) in [4.78, 5) is 2.31. The Balaban J connectivity index is 2.28. The number of rotatable bonds is 2. The molecule has 0 heterocycles. The molecule has 0 N–H and O–H groups in total. The third-order valence-electron chi connectivity index (χ3n) is 4.62. The Labute approximate surface area is 109 Å². The molecule has 1 aliphatic rings. The quantitative estimate of drug-likeness (QED) is 0.771. The molecule has 0 saturated heterocycles. The first-order valence-corrected chi connectivity index (χ1v) is 6.71. The fourth-order valence-corrected chi connectivity index (χ4v) is 3.66. The first-order valence-electron chi connectivity index (χ1n) is 6.71. The Morgan fingerprint density at radius 2 is 1.78 bits per heavy atom. The van der Waals surface area contributed by atoms with Gasteiger partial charge in [0, 0.05) is 12.0 Å². The van der Waals surface area contributed by atoms with Gasteiger partial charge in [-0.2, -0.15) is 0 Å². The van der Waals surface area contributed by atoms with E-state index in [1.54, 1.807) is 0 Å². The predicted molar refractivity (Wildman–Crippen MR) is 78.3 cm³/mol. The first-order chi connectivity index (χ1) is 8.54. The van der Waals surface area contributed by atoms with E-state index in [1.807, 2.05) is 0 Å². The Morgan fingerprint density at radius 3 is 2.44 bits per heavy atom. The van der Waals surface area contributed by atoms with Crippen molar-refractivity contribution in [2.45, 2.75) is 25.2 Å². The van der Waals surface area contributed by atoms with Crippen LogP contribution < -0.4 is 0 Å². The Hall–Kier alpha value is -1.34. The molecule has 0 unspecified atom stereocenters. The van der Waals surface area contributed by atoms with Crippen LogP contribution in [0.5, 0.6) is 0 Å². The van der Waals surface area contributed by atoms with Gasteiger partial charge in [-0.25, -0.2) is 0 Å². The molecule has 0 aromatic heterocycles. The van der Waals surface area contributed by atoms with Crippen molar-refractivity contribution in [3.05, 3.63) is 47.5 Å². The molecule has 1 nitrogen and oxygen atoms in total. The summed E-state index contributed by atoms with van der Waals surface area (Å²) in [7, 11) is 4.34. The molecule has 18 heavy (non-hydrogen) atoms. The van der Waals surface area contributed by atoms with Gasteiger partial charge in [0.2, 0.25) is 0 Å². The van der Waals surface area contributed by atoms with Crippen LogP contribution in [0, 0.1) is 0 Å². The van der Waals surface area contributed by atoms with Crippen molar-refractivity contribution in [2.75, 3.05) is 20.6 Å². The van der Waals surface area contributed by atoms with Crippen LogP contribution in [0.2, 0.25) is 0 Å². The third-order valence-corrected chi connectivity index (χ3v) is 4.62. The highest BCUT2D eigenvalue weighted by Crippen LogP contribution is 2.50. The molecule has 0 radical (unpaired) electrons. The highest BCUT2D eigenvalue weighted by molar-refractivity contribution is 5.93. The first kappa shape index (κ1) is 11.7. The summed E-state index contributed by atoms with van der Waals surface area (Å²) in [5.41, 5.74) is 3.27. The van der Waals surface area contributed by atoms with Gasteiger partial charge in [0.15, 0.2) is 0 Å². The Kier molecular flexibility index (Phi) is 2.49. The van der Waals surface area contributed by atoms with Gasteiger partial charge in [0.1, 0.15) is 0 Å². The van der Waals surface area contributed by atoms with E-state index < -0.39 is 0 Å². The molecule has 0 amide bonds. The van der Waals surface area contributed by atoms with Crippen molar-refractivity contribution in [3.63, 3.8) is 0 Å². The summed E-state index contributed by atoms with van der Waals surface area (Å²) < 4.78 is 0. The van der Waals surface area contributed by atoms with E-state index in [0.29, 0.717) is 5.92 Å². The van der Waals surface area contributed by atoms with Gasteiger partial charge in [0.05, 0.1) is 0 Å². The topological polar surface area (TPSA) is 3.24 Å². The van der Waals surface area contributed by atoms with Crippen molar-refractivity contribution in [1.29, 1.82) is 0 Å². The van der Waals surface area contributed by atoms with Gasteiger partial charge >= 0.3 is 0 Å². The van der Waals surface area contributed by atoms with Crippen molar-refractivity contribution < 1.29 is 0 Å². The largest absolute Gasteiger partial charge is 0.309 e. The van der Waals surface area contributed by atoms with E-state index in [-0.39, 0.29) is 5.41 Å². The molecule has 2 aromatic carbocycles. The zero-order valence-electron chi connectivity index (χ0n) is 11.7. The maximum Gasteiger partial charge on any atom is 0.0124 e. The second-order valence-electron chi connectivity index (χ2n) is 6.13. The third kappa shape index (κ3) is 1.44. The van der Waals surface area contributed by atoms with E-state index in [2.05, 4.69) is 69.2 Å². The lowest BCUT2D eigenvalue weighted by atomic mass is 9.75. The normalized spacial score (nSPS) is 26.2. The van der Waals surface area contributed by atoms with Gasteiger partial charge in [0.25, 0.3) is 0 Å². The Morgan fingerprint density at radius 1 is 1.11 bits per heavy atom. The van der Waals surface area contributed by atoms with Crippen molar-refractivity contribution in [3.8, 4) is 0 Å². The molecule has 0 bridgehead atoms. The average Bonchev–Trinajstić information content (AvgIpc) is 2.54. The van der Waals surface area contributed by atoms with E-state index in [9.17, 15) is 0 Å². The number of benzene rings is 2. The summed E-state index contributed by atoms with van der Waals surface area (Å²) in [6.45, 7) is 5.88. The van der Waals surface area contributed by atoms with Gasteiger partial charge in [-0.1, -0.05) is 50.2 Å². The fourth-order valence-electron chi connectivity index (χ4n) is 3.66. The van der Waals surface area contributed by atoms with Crippen LogP contribution in [0.25, 0.3) is 10.8 Å². The van der Waals surface area contributed by atoms with Crippen LogP contribution in [-0.2, 0) is 5.41 Å². The second-order valence-corrected chi connectivity index (χ2v) is 6.13. The lowest BCUT2D eigenvalue weighted by molar-refractivity contribution is 0.275. The molecule has 1 heteroatoms. The minimum atomic E-state index is 0.229. The standard InChI is InChI=1S/C17H21N/c1-12-14-9-5-7-13-8-6-10-15(16(13)14)17(12,2)11-18(3)4/h5-10,12H,11H2,1-4H3/t12-,17+/m0/s1. The average molecular weight is 239 g/mol. The minimum absolute atomic E-state index is 0.229. The van der Waals surface area contributed by atoms with Crippen molar-refractivity contribution in [2.24, 2.45) is 0 Å². The monoisotopic (exact) mass is 239 g/mol. The number of hydrogen-bond acceptors (Lipinski definition) is 1. The lowest BCUT2D eigenvalue weighted by Gasteiger charge is -2.34. The van der Waals surface area contributed by atoms with Crippen LogP contribution in [0.15, 0.2) is 36.4 Å². The fraction of sp³-hybridized carbons (Fsp3) is 0.412. The van der Waals surface area contributed by atoms with Crippen LogP contribution in [0.1, 0.15) is 30.9 Å². The van der Waals surface area contributed by atoms with Gasteiger partial charge < -0.3 is 4.90 Å². The van der Waals surface area contributed by atoms with E-state index in [1.165, 1.54) is 21.9 Å². The summed E-state index contributed by atoms with van der Waals surface area (Å²) in [6, 6.07) is 13.5. The van der Waals surface area contributed by atoms with E-state index in [0.717, 1.165) is 6.54 Å². The molecule has 1 aliphatic carbocycles. The summed E-state index contributed by atoms with van der Waals surface area (Å²) in [5, 5.41) is 2.89. The zero-order valence-corrected chi connectivity index (χ0v) is 11.7. The molecule has 3 rings (SSSR count).